The summed E-state index contributed by atoms with van der Waals surface area (Å²) in [6.45, 7) is 0. The lowest BCUT2D eigenvalue weighted by molar-refractivity contribution is -0.126. The van der Waals surface area contributed by atoms with E-state index >= 15 is 0 Å². The molecule has 1 aliphatic rings. The fourth-order valence-corrected chi connectivity index (χ4v) is 2.03. The van der Waals surface area contributed by atoms with Gasteiger partial charge in [0.2, 0.25) is 0 Å². The number of methoxy groups -OCH3 is 1. The van der Waals surface area contributed by atoms with Gasteiger partial charge in [-0.15, -0.1) is 0 Å². The summed E-state index contributed by atoms with van der Waals surface area (Å²) in [6, 6.07) is 7.59. The molecule has 16 heavy (non-hydrogen) atoms. The second-order valence-electron chi connectivity index (χ2n) is 4.42. The van der Waals surface area contributed by atoms with E-state index in [-0.39, 0.29) is 5.78 Å². The van der Waals surface area contributed by atoms with E-state index in [1.807, 2.05) is 24.3 Å². The Hall–Kier alpha value is -1.35. The molecule has 86 valence electrons. The van der Waals surface area contributed by atoms with Gasteiger partial charge in [0.25, 0.3) is 0 Å². The fourth-order valence-electron chi connectivity index (χ4n) is 2.03. The van der Waals surface area contributed by atoms with Crippen LogP contribution in [0.5, 0.6) is 5.75 Å². The minimum atomic E-state index is -0.569. The molecule has 3 nitrogen and oxygen atoms in total. The molecule has 0 atom stereocenters. The van der Waals surface area contributed by atoms with Gasteiger partial charge in [-0.25, -0.2) is 0 Å². The Labute approximate surface area is 95.6 Å². The van der Waals surface area contributed by atoms with Crippen LogP contribution in [0.4, 0.5) is 0 Å². The maximum atomic E-state index is 12.0. The Morgan fingerprint density at radius 2 is 2.12 bits per heavy atom. The van der Waals surface area contributed by atoms with Gasteiger partial charge in [-0.05, 0) is 25.3 Å². The molecule has 0 saturated heterocycles. The Morgan fingerprint density at radius 3 is 2.69 bits per heavy atom. The van der Waals surface area contributed by atoms with Crippen LogP contribution in [0.25, 0.3) is 0 Å². The molecule has 1 fully saturated rings. The lowest BCUT2D eigenvalue weighted by Gasteiger charge is -2.36. The third kappa shape index (κ3) is 1.95. The topological polar surface area (TPSA) is 52.3 Å². The lowest BCUT2D eigenvalue weighted by Crippen LogP contribution is -2.54. The van der Waals surface area contributed by atoms with Crippen molar-refractivity contribution < 1.29 is 9.53 Å². The Morgan fingerprint density at radius 1 is 1.44 bits per heavy atom. The number of rotatable bonds is 4. The lowest BCUT2D eigenvalue weighted by atomic mass is 9.73. The van der Waals surface area contributed by atoms with Crippen molar-refractivity contribution in [3.63, 3.8) is 0 Å². The van der Waals surface area contributed by atoms with Crippen molar-refractivity contribution in [2.24, 2.45) is 5.73 Å². The van der Waals surface area contributed by atoms with Crippen LogP contribution in [0.1, 0.15) is 24.8 Å². The Balaban J connectivity index is 2.11. The highest BCUT2D eigenvalue weighted by atomic mass is 16.5. The van der Waals surface area contributed by atoms with Crippen LogP contribution in [0.2, 0.25) is 0 Å². The van der Waals surface area contributed by atoms with Gasteiger partial charge in [0.1, 0.15) is 5.75 Å². The molecule has 1 aliphatic carbocycles. The molecule has 0 unspecified atom stereocenters. The van der Waals surface area contributed by atoms with Crippen LogP contribution in [-0.4, -0.2) is 18.4 Å². The molecule has 0 spiro atoms. The van der Waals surface area contributed by atoms with Crippen molar-refractivity contribution in [2.75, 3.05) is 7.11 Å². The van der Waals surface area contributed by atoms with Gasteiger partial charge in [0.05, 0.1) is 12.6 Å². The molecule has 0 aliphatic heterocycles. The van der Waals surface area contributed by atoms with E-state index in [0.717, 1.165) is 30.6 Å². The molecule has 0 heterocycles. The molecule has 3 heteroatoms. The van der Waals surface area contributed by atoms with E-state index < -0.39 is 5.54 Å². The van der Waals surface area contributed by atoms with E-state index in [4.69, 9.17) is 10.5 Å². The first-order valence-electron chi connectivity index (χ1n) is 5.60. The standard InChI is InChI=1S/C13H17NO2/c1-16-11-6-3-2-5-10(11)9-12(15)13(14)7-4-8-13/h2-3,5-6H,4,7-9,14H2,1H3. The monoisotopic (exact) mass is 219 g/mol. The summed E-state index contributed by atoms with van der Waals surface area (Å²) in [7, 11) is 1.62. The molecule has 2 N–H and O–H groups in total. The van der Waals surface area contributed by atoms with Gasteiger partial charge >= 0.3 is 0 Å². The molecule has 0 radical (unpaired) electrons. The number of ketones is 1. The molecule has 0 bridgehead atoms. The highest BCUT2D eigenvalue weighted by molar-refractivity contribution is 5.91. The Bertz CT molecular complexity index is 397. The predicted molar refractivity (Wildman–Crippen MR) is 62.5 cm³/mol. The minimum absolute atomic E-state index is 0.128. The first-order chi connectivity index (χ1) is 7.65. The van der Waals surface area contributed by atoms with E-state index in [2.05, 4.69) is 0 Å². The number of hydrogen-bond acceptors (Lipinski definition) is 3. The van der Waals surface area contributed by atoms with Gasteiger partial charge in [-0.3, -0.25) is 4.79 Å². The van der Waals surface area contributed by atoms with Crippen molar-refractivity contribution in [3.8, 4) is 5.75 Å². The second kappa shape index (κ2) is 4.26. The Kier molecular flexibility index (Phi) is 2.97. The molecule has 1 saturated carbocycles. The molecule has 0 amide bonds. The summed E-state index contributed by atoms with van der Waals surface area (Å²) in [6.07, 6.45) is 3.08. The normalized spacial score (nSPS) is 17.6. The van der Waals surface area contributed by atoms with Gasteiger partial charge in [0, 0.05) is 12.0 Å². The zero-order valence-corrected chi connectivity index (χ0v) is 9.53. The molecule has 0 aromatic heterocycles. The van der Waals surface area contributed by atoms with E-state index in [0.29, 0.717) is 6.42 Å². The van der Waals surface area contributed by atoms with Crippen LogP contribution in [0, 0.1) is 0 Å². The fraction of sp³-hybridized carbons (Fsp3) is 0.462. The molecule has 1 aromatic rings. The number of carbonyl (C=O) groups is 1. The number of benzene rings is 1. The van der Waals surface area contributed by atoms with Gasteiger partial charge in [0.15, 0.2) is 5.78 Å². The van der Waals surface area contributed by atoms with Crippen molar-refractivity contribution in [3.05, 3.63) is 29.8 Å². The molecular formula is C13H17NO2. The number of nitrogens with two attached hydrogens (primary N) is 1. The van der Waals surface area contributed by atoms with E-state index in [1.165, 1.54) is 0 Å². The number of para-hydroxylation sites is 1. The summed E-state index contributed by atoms with van der Waals surface area (Å²) in [5, 5.41) is 0. The SMILES string of the molecule is COc1ccccc1CC(=O)C1(N)CCC1. The predicted octanol–water partition coefficient (Wildman–Crippen LogP) is 1.69. The largest absolute Gasteiger partial charge is 0.496 e. The maximum Gasteiger partial charge on any atom is 0.157 e. The van der Waals surface area contributed by atoms with Crippen LogP contribution < -0.4 is 10.5 Å². The van der Waals surface area contributed by atoms with Crippen molar-refractivity contribution in [1.82, 2.24) is 0 Å². The molecule has 1 aromatic carbocycles. The van der Waals surface area contributed by atoms with Crippen LogP contribution in [0.3, 0.4) is 0 Å². The van der Waals surface area contributed by atoms with E-state index in [9.17, 15) is 4.79 Å². The van der Waals surface area contributed by atoms with Crippen LogP contribution in [-0.2, 0) is 11.2 Å². The summed E-state index contributed by atoms with van der Waals surface area (Å²) in [5.74, 6) is 0.891. The van der Waals surface area contributed by atoms with Gasteiger partial charge < -0.3 is 10.5 Å². The molecule has 2 rings (SSSR count). The third-order valence-corrected chi connectivity index (χ3v) is 3.34. The number of carbonyl (C=O) groups excluding carboxylic acids is 1. The number of ether oxygens (including phenoxy) is 1. The van der Waals surface area contributed by atoms with Gasteiger partial charge in [-0.2, -0.15) is 0 Å². The zero-order chi connectivity index (χ0) is 11.6. The average Bonchev–Trinajstić information content (AvgIpc) is 2.26. The van der Waals surface area contributed by atoms with Gasteiger partial charge in [-0.1, -0.05) is 18.2 Å². The zero-order valence-electron chi connectivity index (χ0n) is 9.53. The number of hydrogen-bond donors (Lipinski definition) is 1. The van der Waals surface area contributed by atoms with Crippen molar-refractivity contribution in [2.45, 2.75) is 31.2 Å². The summed E-state index contributed by atoms with van der Waals surface area (Å²) >= 11 is 0. The first-order valence-corrected chi connectivity index (χ1v) is 5.60. The highest BCUT2D eigenvalue weighted by Gasteiger charge is 2.39. The number of Topliss-reactive ketones (excluding diaryl/α,β-unsaturated/α-hetero) is 1. The minimum Gasteiger partial charge on any atom is -0.496 e. The average molecular weight is 219 g/mol. The first kappa shape index (κ1) is 11.1. The van der Waals surface area contributed by atoms with Crippen molar-refractivity contribution in [1.29, 1.82) is 0 Å². The highest BCUT2D eigenvalue weighted by Crippen LogP contribution is 2.31. The summed E-state index contributed by atoms with van der Waals surface area (Å²) < 4.78 is 5.22. The third-order valence-electron chi connectivity index (χ3n) is 3.34. The summed E-state index contributed by atoms with van der Waals surface area (Å²) in [5.41, 5.74) is 6.35. The molecular weight excluding hydrogens is 202 g/mol. The second-order valence-corrected chi connectivity index (χ2v) is 4.42. The summed E-state index contributed by atoms with van der Waals surface area (Å²) in [4.78, 5) is 12.0. The quantitative estimate of drug-likeness (QED) is 0.838. The van der Waals surface area contributed by atoms with Crippen LogP contribution in [0.15, 0.2) is 24.3 Å². The van der Waals surface area contributed by atoms with Crippen molar-refractivity contribution >= 4 is 5.78 Å². The van der Waals surface area contributed by atoms with Crippen LogP contribution >= 0.6 is 0 Å². The maximum absolute atomic E-state index is 12.0. The van der Waals surface area contributed by atoms with E-state index in [1.54, 1.807) is 7.11 Å². The smallest absolute Gasteiger partial charge is 0.157 e.